The molecule has 0 heterocycles. The largest absolute Gasteiger partial charge is 0.508 e. The molecule has 1 amide bonds. The number of nitrogens with one attached hydrogen (secondary N) is 1. The van der Waals surface area contributed by atoms with E-state index in [9.17, 15) is 14.7 Å². The molecule has 5 heteroatoms. The third-order valence-corrected chi connectivity index (χ3v) is 3.17. The van der Waals surface area contributed by atoms with E-state index in [1.165, 1.54) is 7.11 Å². The van der Waals surface area contributed by atoms with Crippen LogP contribution in [0, 0.1) is 0 Å². The number of methoxy groups -OCH3 is 1. The van der Waals surface area contributed by atoms with Gasteiger partial charge in [0.15, 0.2) is 0 Å². The van der Waals surface area contributed by atoms with E-state index >= 15 is 0 Å². The third kappa shape index (κ3) is 4.34. The number of phenolic OH excluding ortho intramolecular Hbond substituents is 1. The number of carbonyl (C=O) groups excluding carboxylic acids is 2. The van der Waals surface area contributed by atoms with Gasteiger partial charge in [0.25, 0.3) is 0 Å². The average molecular weight is 299 g/mol. The first-order valence-electron chi connectivity index (χ1n) is 6.80. The topological polar surface area (TPSA) is 75.6 Å². The number of amides is 1. The van der Waals surface area contributed by atoms with Gasteiger partial charge in [-0.05, 0) is 35.4 Å². The van der Waals surface area contributed by atoms with Crippen LogP contribution >= 0.6 is 0 Å². The second kappa shape index (κ2) is 7.26. The van der Waals surface area contributed by atoms with Gasteiger partial charge in [-0.15, -0.1) is 0 Å². The van der Waals surface area contributed by atoms with E-state index in [4.69, 9.17) is 0 Å². The number of hydrogen-bond acceptors (Lipinski definition) is 4. The number of esters is 1. The molecule has 0 fully saturated rings. The molecule has 22 heavy (non-hydrogen) atoms. The van der Waals surface area contributed by atoms with Crippen LogP contribution in [0.25, 0.3) is 0 Å². The maximum absolute atomic E-state index is 11.8. The Morgan fingerprint density at radius 1 is 1.00 bits per heavy atom. The van der Waals surface area contributed by atoms with E-state index < -0.39 is 0 Å². The molecule has 0 radical (unpaired) electrons. The molecule has 0 unspecified atom stereocenters. The molecule has 0 aliphatic carbocycles. The van der Waals surface area contributed by atoms with Crippen molar-refractivity contribution in [1.82, 2.24) is 5.32 Å². The van der Waals surface area contributed by atoms with Crippen LogP contribution in [0.4, 0.5) is 0 Å². The van der Waals surface area contributed by atoms with E-state index in [-0.39, 0.29) is 24.0 Å². The SMILES string of the molecule is COC(=O)c1ccc(CNC(=O)Cc2ccc(O)cc2)cc1. The van der Waals surface area contributed by atoms with Crippen LogP contribution in [0.3, 0.4) is 0 Å². The molecule has 0 aliphatic heterocycles. The predicted octanol–water partition coefficient (Wildman–Crippen LogP) is 2.04. The molecule has 0 saturated carbocycles. The summed E-state index contributed by atoms with van der Waals surface area (Å²) in [5, 5.41) is 12.0. The fourth-order valence-electron chi connectivity index (χ4n) is 1.94. The lowest BCUT2D eigenvalue weighted by Crippen LogP contribution is -2.24. The Morgan fingerprint density at radius 2 is 1.59 bits per heavy atom. The zero-order valence-electron chi connectivity index (χ0n) is 12.2. The molecular weight excluding hydrogens is 282 g/mol. The molecule has 0 atom stereocenters. The first-order valence-corrected chi connectivity index (χ1v) is 6.80. The Labute approximate surface area is 128 Å². The summed E-state index contributed by atoms with van der Waals surface area (Å²) >= 11 is 0. The summed E-state index contributed by atoms with van der Waals surface area (Å²) in [5.74, 6) is -0.319. The highest BCUT2D eigenvalue weighted by Crippen LogP contribution is 2.10. The lowest BCUT2D eigenvalue weighted by molar-refractivity contribution is -0.120. The van der Waals surface area contributed by atoms with Crippen LogP contribution in [0.1, 0.15) is 21.5 Å². The van der Waals surface area contributed by atoms with Crippen LogP contribution in [-0.2, 0) is 22.5 Å². The molecule has 0 spiro atoms. The minimum absolute atomic E-state index is 0.109. The van der Waals surface area contributed by atoms with Crippen molar-refractivity contribution < 1.29 is 19.4 Å². The third-order valence-electron chi connectivity index (χ3n) is 3.17. The highest BCUT2D eigenvalue weighted by Gasteiger charge is 2.06. The Morgan fingerprint density at radius 3 is 2.18 bits per heavy atom. The Balaban J connectivity index is 1.85. The number of aromatic hydroxyl groups is 1. The van der Waals surface area contributed by atoms with Crippen molar-refractivity contribution in [3.05, 3.63) is 65.2 Å². The highest BCUT2D eigenvalue weighted by molar-refractivity contribution is 5.89. The molecule has 5 nitrogen and oxygen atoms in total. The maximum atomic E-state index is 11.8. The van der Waals surface area contributed by atoms with Crippen molar-refractivity contribution in [3.63, 3.8) is 0 Å². The summed E-state index contributed by atoms with van der Waals surface area (Å²) in [6.45, 7) is 0.387. The van der Waals surface area contributed by atoms with Crippen LogP contribution in [0.2, 0.25) is 0 Å². The molecular formula is C17H17NO4. The van der Waals surface area contributed by atoms with Crippen LogP contribution in [0.5, 0.6) is 5.75 Å². The summed E-state index contributed by atoms with van der Waals surface area (Å²) in [7, 11) is 1.33. The Kier molecular flexibility index (Phi) is 5.14. The molecule has 0 saturated heterocycles. The molecule has 2 rings (SSSR count). The van der Waals surface area contributed by atoms with E-state index in [1.54, 1.807) is 48.5 Å². The number of ether oxygens (including phenoxy) is 1. The van der Waals surface area contributed by atoms with E-state index in [0.29, 0.717) is 12.1 Å². The van der Waals surface area contributed by atoms with Crippen molar-refractivity contribution in [2.75, 3.05) is 7.11 Å². The van der Waals surface area contributed by atoms with Crippen molar-refractivity contribution in [2.24, 2.45) is 0 Å². The van der Waals surface area contributed by atoms with Crippen LogP contribution in [0.15, 0.2) is 48.5 Å². The second-order valence-electron chi connectivity index (χ2n) is 4.81. The fourth-order valence-corrected chi connectivity index (χ4v) is 1.94. The van der Waals surface area contributed by atoms with E-state index in [0.717, 1.165) is 11.1 Å². The number of carbonyl (C=O) groups is 2. The van der Waals surface area contributed by atoms with Gasteiger partial charge in [0.2, 0.25) is 5.91 Å². The van der Waals surface area contributed by atoms with Crippen molar-refractivity contribution in [2.45, 2.75) is 13.0 Å². The summed E-state index contributed by atoms with van der Waals surface area (Å²) < 4.78 is 4.62. The van der Waals surface area contributed by atoms with Crippen LogP contribution in [-0.4, -0.2) is 24.1 Å². The smallest absolute Gasteiger partial charge is 0.337 e. The summed E-state index contributed by atoms with van der Waals surface area (Å²) in [4.78, 5) is 23.2. The molecule has 0 bridgehead atoms. The lowest BCUT2D eigenvalue weighted by Gasteiger charge is -2.06. The van der Waals surface area contributed by atoms with Gasteiger partial charge < -0.3 is 15.2 Å². The number of rotatable bonds is 5. The summed E-state index contributed by atoms with van der Waals surface area (Å²) in [5.41, 5.74) is 2.20. The number of hydrogen-bond donors (Lipinski definition) is 2. The van der Waals surface area contributed by atoms with E-state index in [1.807, 2.05) is 0 Å². The molecule has 2 aromatic rings. The van der Waals surface area contributed by atoms with Gasteiger partial charge in [0, 0.05) is 6.54 Å². The van der Waals surface area contributed by atoms with Crippen molar-refractivity contribution >= 4 is 11.9 Å². The highest BCUT2D eigenvalue weighted by atomic mass is 16.5. The standard InChI is InChI=1S/C17H17NO4/c1-22-17(21)14-6-2-13(3-7-14)11-18-16(20)10-12-4-8-15(19)9-5-12/h2-9,19H,10-11H2,1H3,(H,18,20). The fraction of sp³-hybridized carbons (Fsp3) is 0.176. The van der Waals surface area contributed by atoms with Gasteiger partial charge in [-0.2, -0.15) is 0 Å². The van der Waals surface area contributed by atoms with E-state index in [2.05, 4.69) is 10.1 Å². The minimum atomic E-state index is -0.386. The van der Waals surface area contributed by atoms with Gasteiger partial charge in [-0.3, -0.25) is 4.79 Å². The molecule has 2 aromatic carbocycles. The molecule has 114 valence electrons. The second-order valence-corrected chi connectivity index (χ2v) is 4.81. The predicted molar refractivity (Wildman–Crippen MR) is 81.4 cm³/mol. The molecule has 2 N–H and O–H groups in total. The van der Waals surface area contributed by atoms with Crippen molar-refractivity contribution in [1.29, 1.82) is 0 Å². The minimum Gasteiger partial charge on any atom is -0.508 e. The first kappa shape index (κ1) is 15.6. The van der Waals surface area contributed by atoms with Gasteiger partial charge >= 0.3 is 5.97 Å². The Hall–Kier alpha value is -2.82. The summed E-state index contributed by atoms with van der Waals surface area (Å²) in [6.07, 6.45) is 0.251. The maximum Gasteiger partial charge on any atom is 0.337 e. The monoisotopic (exact) mass is 299 g/mol. The average Bonchev–Trinajstić information content (AvgIpc) is 2.55. The lowest BCUT2D eigenvalue weighted by atomic mass is 10.1. The number of benzene rings is 2. The Bertz CT molecular complexity index is 647. The zero-order chi connectivity index (χ0) is 15.9. The quantitative estimate of drug-likeness (QED) is 0.828. The first-order chi connectivity index (χ1) is 10.6. The number of phenols is 1. The van der Waals surface area contributed by atoms with Crippen molar-refractivity contribution in [3.8, 4) is 5.75 Å². The van der Waals surface area contributed by atoms with Gasteiger partial charge in [-0.1, -0.05) is 24.3 Å². The summed E-state index contributed by atoms with van der Waals surface area (Å²) in [6, 6.07) is 13.4. The van der Waals surface area contributed by atoms with Crippen LogP contribution < -0.4 is 5.32 Å². The van der Waals surface area contributed by atoms with Gasteiger partial charge in [0.1, 0.15) is 5.75 Å². The molecule has 0 aromatic heterocycles. The van der Waals surface area contributed by atoms with Gasteiger partial charge in [-0.25, -0.2) is 4.79 Å². The zero-order valence-corrected chi connectivity index (χ0v) is 12.2. The molecule has 0 aliphatic rings. The van der Waals surface area contributed by atoms with Gasteiger partial charge in [0.05, 0.1) is 19.1 Å². The normalized spacial score (nSPS) is 10.0.